The largest absolute Gasteiger partial charge is 0.315 e. The van der Waals surface area contributed by atoms with Crippen LogP contribution in [0.5, 0.6) is 0 Å². The molecule has 0 aromatic rings. The molecule has 0 saturated heterocycles. The molecule has 0 aliphatic rings. The van der Waals surface area contributed by atoms with E-state index in [1.807, 2.05) is 7.05 Å². The first-order valence-corrected chi connectivity index (χ1v) is 4.10. The lowest BCUT2D eigenvalue weighted by Gasteiger charge is -2.34. The van der Waals surface area contributed by atoms with Crippen LogP contribution in [0, 0.1) is 11.8 Å². The molecule has 1 atom stereocenters. The van der Waals surface area contributed by atoms with E-state index in [9.17, 15) is 0 Å². The minimum atomic E-state index is 0.272. The summed E-state index contributed by atoms with van der Waals surface area (Å²) in [4.78, 5) is 0. The van der Waals surface area contributed by atoms with Crippen LogP contribution in [0.2, 0.25) is 0 Å². The standard InChI is InChI=1S/C9H21N/c1-7(2)8(3)9(4,5)10-6/h7-8,10H,1-6H3. The highest BCUT2D eigenvalue weighted by atomic mass is 14.9. The van der Waals surface area contributed by atoms with Gasteiger partial charge in [0.2, 0.25) is 0 Å². The highest BCUT2D eigenvalue weighted by Gasteiger charge is 2.25. The van der Waals surface area contributed by atoms with Crippen molar-refractivity contribution in [3.63, 3.8) is 0 Å². The lowest BCUT2D eigenvalue weighted by atomic mass is 9.81. The van der Waals surface area contributed by atoms with Crippen LogP contribution >= 0.6 is 0 Å². The van der Waals surface area contributed by atoms with Crippen molar-refractivity contribution in [1.29, 1.82) is 0 Å². The van der Waals surface area contributed by atoms with Gasteiger partial charge in [-0.1, -0.05) is 20.8 Å². The quantitative estimate of drug-likeness (QED) is 0.639. The summed E-state index contributed by atoms with van der Waals surface area (Å²) in [5.41, 5.74) is 0.272. The third kappa shape index (κ3) is 2.30. The molecule has 10 heavy (non-hydrogen) atoms. The fourth-order valence-electron chi connectivity index (χ4n) is 1.06. The Balaban J connectivity index is 4.03. The maximum Gasteiger partial charge on any atom is 0.0150 e. The van der Waals surface area contributed by atoms with E-state index in [-0.39, 0.29) is 5.54 Å². The average Bonchev–Trinajstić information content (AvgIpc) is 1.86. The summed E-state index contributed by atoms with van der Waals surface area (Å²) in [5.74, 6) is 1.47. The van der Waals surface area contributed by atoms with Crippen molar-refractivity contribution >= 4 is 0 Å². The van der Waals surface area contributed by atoms with Crippen LogP contribution in [0.15, 0.2) is 0 Å². The van der Waals surface area contributed by atoms with Gasteiger partial charge in [0, 0.05) is 5.54 Å². The lowest BCUT2D eigenvalue weighted by Crippen LogP contribution is -2.44. The van der Waals surface area contributed by atoms with Gasteiger partial charge < -0.3 is 5.32 Å². The minimum absolute atomic E-state index is 0.272. The van der Waals surface area contributed by atoms with Crippen LogP contribution in [-0.2, 0) is 0 Å². The van der Waals surface area contributed by atoms with Gasteiger partial charge >= 0.3 is 0 Å². The molecule has 1 N–H and O–H groups in total. The molecule has 0 heterocycles. The predicted octanol–water partition coefficient (Wildman–Crippen LogP) is 2.28. The van der Waals surface area contributed by atoms with Crippen LogP contribution in [0.1, 0.15) is 34.6 Å². The summed E-state index contributed by atoms with van der Waals surface area (Å²) in [6, 6.07) is 0. The third-order valence-corrected chi connectivity index (χ3v) is 2.78. The van der Waals surface area contributed by atoms with Gasteiger partial charge in [-0.05, 0) is 32.7 Å². The minimum Gasteiger partial charge on any atom is -0.315 e. The van der Waals surface area contributed by atoms with E-state index in [4.69, 9.17) is 0 Å². The lowest BCUT2D eigenvalue weighted by molar-refractivity contribution is 0.227. The second kappa shape index (κ2) is 3.38. The van der Waals surface area contributed by atoms with E-state index in [1.54, 1.807) is 0 Å². The molecule has 0 fully saturated rings. The Morgan fingerprint density at radius 1 is 1.10 bits per heavy atom. The van der Waals surface area contributed by atoms with Crippen LogP contribution < -0.4 is 5.32 Å². The summed E-state index contributed by atoms with van der Waals surface area (Å²) in [6.45, 7) is 11.3. The smallest absolute Gasteiger partial charge is 0.0150 e. The Kier molecular flexibility index (Phi) is 3.37. The van der Waals surface area contributed by atoms with Gasteiger partial charge in [-0.2, -0.15) is 0 Å². The summed E-state index contributed by atoms with van der Waals surface area (Å²) >= 11 is 0. The SMILES string of the molecule is CNC(C)(C)C(C)C(C)C. The first-order valence-electron chi connectivity index (χ1n) is 4.10. The van der Waals surface area contributed by atoms with E-state index in [0.29, 0.717) is 0 Å². The van der Waals surface area contributed by atoms with Crippen molar-refractivity contribution in [3.8, 4) is 0 Å². The molecule has 0 saturated carbocycles. The van der Waals surface area contributed by atoms with Gasteiger partial charge in [-0.25, -0.2) is 0 Å². The van der Waals surface area contributed by atoms with Gasteiger partial charge in [0.25, 0.3) is 0 Å². The maximum absolute atomic E-state index is 3.32. The Labute approximate surface area is 65.2 Å². The monoisotopic (exact) mass is 143 g/mol. The summed E-state index contributed by atoms with van der Waals surface area (Å²) < 4.78 is 0. The molecule has 1 nitrogen and oxygen atoms in total. The number of rotatable bonds is 3. The summed E-state index contributed by atoms with van der Waals surface area (Å²) in [7, 11) is 2.03. The highest BCUT2D eigenvalue weighted by Crippen LogP contribution is 2.22. The third-order valence-electron chi connectivity index (χ3n) is 2.78. The van der Waals surface area contributed by atoms with E-state index < -0.39 is 0 Å². The second-order valence-electron chi connectivity index (χ2n) is 4.00. The van der Waals surface area contributed by atoms with Gasteiger partial charge in [-0.15, -0.1) is 0 Å². The molecule has 0 aliphatic carbocycles. The number of hydrogen-bond donors (Lipinski definition) is 1. The zero-order chi connectivity index (χ0) is 8.36. The second-order valence-corrected chi connectivity index (χ2v) is 4.00. The van der Waals surface area contributed by atoms with E-state index >= 15 is 0 Å². The van der Waals surface area contributed by atoms with Crippen molar-refractivity contribution in [3.05, 3.63) is 0 Å². The van der Waals surface area contributed by atoms with Gasteiger partial charge in [-0.3, -0.25) is 0 Å². The predicted molar refractivity (Wildman–Crippen MR) is 47.1 cm³/mol. The van der Waals surface area contributed by atoms with Gasteiger partial charge in [0.15, 0.2) is 0 Å². The van der Waals surface area contributed by atoms with Crippen molar-refractivity contribution < 1.29 is 0 Å². The van der Waals surface area contributed by atoms with E-state index in [1.165, 1.54) is 0 Å². The Morgan fingerprint density at radius 3 is 1.60 bits per heavy atom. The van der Waals surface area contributed by atoms with E-state index in [0.717, 1.165) is 11.8 Å². The Morgan fingerprint density at radius 2 is 1.50 bits per heavy atom. The van der Waals surface area contributed by atoms with Crippen molar-refractivity contribution in [2.75, 3.05) is 7.05 Å². The zero-order valence-electron chi connectivity index (χ0n) is 8.15. The molecule has 0 aromatic heterocycles. The molecule has 62 valence electrons. The molecule has 0 radical (unpaired) electrons. The average molecular weight is 143 g/mol. The van der Waals surface area contributed by atoms with Crippen molar-refractivity contribution in [2.45, 2.75) is 40.2 Å². The topological polar surface area (TPSA) is 12.0 Å². The fourth-order valence-corrected chi connectivity index (χ4v) is 1.06. The fraction of sp³-hybridized carbons (Fsp3) is 1.00. The number of hydrogen-bond acceptors (Lipinski definition) is 1. The van der Waals surface area contributed by atoms with E-state index in [2.05, 4.69) is 39.9 Å². The van der Waals surface area contributed by atoms with Crippen LogP contribution in [0.4, 0.5) is 0 Å². The molecule has 0 aromatic carbocycles. The summed E-state index contributed by atoms with van der Waals surface area (Å²) in [5, 5.41) is 3.32. The van der Waals surface area contributed by atoms with Crippen LogP contribution in [-0.4, -0.2) is 12.6 Å². The molecular weight excluding hydrogens is 122 g/mol. The first kappa shape index (κ1) is 9.96. The molecule has 0 bridgehead atoms. The van der Waals surface area contributed by atoms with Crippen LogP contribution in [0.25, 0.3) is 0 Å². The molecule has 0 aliphatic heterocycles. The highest BCUT2D eigenvalue weighted by molar-refractivity contribution is 4.83. The normalized spacial score (nSPS) is 15.9. The molecule has 1 heteroatoms. The molecular formula is C9H21N. The summed E-state index contributed by atoms with van der Waals surface area (Å²) in [6.07, 6.45) is 0. The van der Waals surface area contributed by atoms with Gasteiger partial charge in [0.1, 0.15) is 0 Å². The molecule has 0 rings (SSSR count). The molecule has 1 unspecified atom stereocenters. The Hall–Kier alpha value is -0.0400. The van der Waals surface area contributed by atoms with Crippen molar-refractivity contribution in [2.24, 2.45) is 11.8 Å². The van der Waals surface area contributed by atoms with Crippen molar-refractivity contribution in [1.82, 2.24) is 5.32 Å². The first-order chi connectivity index (χ1) is 4.41. The molecule has 0 amide bonds. The number of nitrogens with one attached hydrogen (secondary N) is 1. The molecule has 0 spiro atoms. The van der Waals surface area contributed by atoms with Gasteiger partial charge in [0.05, 0.1) is 0 Å². The zero-order valence-corrected chi connectivity index (χ0v) is 8.15. The Bertz CT molecular complexity index is 94.9. The van der Waals surface area contributed by atoms with Crippen LogP contribution in [0.3, 0.4) is 0 Å². The maximum atomic E-state index is 3.32.